The summed E-state index contributed by atoms with van der Waals surface area (Å²) in [6, 6.07) is 14.2. The van der Waals surface area contributed by atoms with Crippen LogP contribution in [0, 0.1) is 0 Å². The lowest BCUT2D eigenvalue weighted by Gasteiger charge is -2.15. The molecule has 2 aromatic rings. The van der Waals surface area contributed by atoms with E-state index in [9.17, 15) is 9.59 Å². The van der Waals surface area contributed by atoms with Crippen molar-refractivity contribution in [3.05, 3.63) is 59.7 Å². The number of hydrogen-bond acceptors (Lipinski definition) is 3. The van der Waals surface area contributed by atoms with E-state index in [1.54, 1.807) is 42.5 Å². The van der Waals surface area contributed by atoms with Crippen LogP contribution in [0.5, 0.6) is 5.75 Å². The van der Waals surface area contributed by atoms with Gasteiger partial charge in [-0.1, -0.05) is 13.0 Å². The Bertz CT molecular complexity index is 765. The predicted octanol–water partition coefficient (Wildman–Crippen LogP) is 3.96. The molecule has 26 heavy (non-hydrogen) atoms. The van der Waals surface area contributed by atoms with Crippen LogP contribution in [0.3, 0.4) is 0 Å². The van der Waals surface area contributed by atoms with Crippen LogP contribution in [0.1, 0.15) is 46.9 Å². The fraction of sp³-hybridized carbons (Fsp3) is 0.333. The second-order valence-electron chi connectivity index (χ2n) is 6.41. The van der Waals surface area contributed by atoms with Crippen LogP contribution in [-0.2, 0) is 0 Å². The number of nitrogens with one attached hydrogen (secondary N) is 1. The Kier molecular flexibility index (Phi) is 5.89. The van der Waals surface area contributed by atoms with Gasteiger partial charge in [-0.3, -0.25) is 9.59 Å². The second-order valence-corrected chi connectivity index (χ2v) is 6.41. The molecule has 1 saturated heterocycles. The van der Waals surface area contributed by atoms with Crippen LogP contribution in [0.25, 0.3) is 0 Å². The van der Waals surface area contributed by atoms with Crippen LogP contribution < -0.4 is 10.1 Å². The summed E-state index contributed by atoms with van der Waals surface area (Å²) < 4.78 is 5.56. The van der Waals surface area contributed by atoms with Gasteiger partial charge in [0, 0.05) is 29.9 Å². The lowest BCUT2D eigenvalue weighted by Crippen LogP contribution is -2.27. The molecule has 0 aromatic heterocycles. The molecule has 0 spiro atoms. The maximum Gasteiger partial charge on any atom is 0.255 e. The van der Waals surface area contributed by atoms with Crippen molar-refractivity contribution >= 4 is 17.5 Å². The summed E-state index contributed by atoms with van der Waals surface area (Å²) in [4.78, 5) is 26.6. The van der Waals surface area contributed by atoms with Gasteiger partial charge in [-0.2, -0.15) is 0 Å². The second kappa shape index (κ2) is 8.52. The van der Waals surface area contributed by atoms with E-state index in [-0.39, 0.29) is 11.8 Å². The number of amides is 2. The molecule has 0 unspecified atom stereocenters. The lowest BCUT2D eigenvalue weighted by atomic mass is 10.1. The average molecular weight is 352 g/mol. The van der Waals surface area contributed by atoms with E-state index in [4.69, 9.17) is 4.74 Å². The fourth-order valence-electron chi connectivity index (χ4n) is 2.95. The highest BCUT2D eigenvalue weighted by atomic mass is 16.5. The third kappa shape index (κ3) is 4.42. The van der Waals surface area contributed by atoms with Gasteiger partial charge in [0.25, 0.3) is 11.8 Å². The predicted molar refractivity (Wildman–Crippen MR) is 102 cm³/mol. The molecule has 136 valence electrons. The summed E-state index contributed by atoms with van der Waals surface area (Å²) in [7, 11) is 0. The quantitative estimate of drug-likeness (QED) is 0.856. The van der Waals surface area contributed by atoms with Crippen molar-refractivity contribution in [1.29, 1.82) is 0 Å². The van der Waals surface area contributed by atoms with Crippen molar-refractivity contribution in [2.75, 3.05) is 25.0 Å². The molecular formula is C21H24N2O3. The molecule has 1 N–H and O–H groups in total. The maximum absolute atomic E-state index is 12.4. The number of carbonyl (C=O) groups excluding carboxylic acids is 2. The Morgan fingerprint density at radius 2 is 1.77 bits per heavy atom. The first-order valence-electron chi connectivity index (χ1n) is 9.11. The van der Waals surface area contributed by atoms with Gasteiger partial charge in [0.15, 0.2) is 0 Å². The number of carbonyl (C=O) groups is 2. The highest BCUT2D eigenvalue weighted by Gasteiger charge is 2.19. The molecule has 2 aromatic carbocycles. The number of rotatable bonds is 6. The molecule has 5 nitrogen and oxygen atoms in total. The molecule has 1 heterocycles. The van der Waals surface area contributed by atoms with E-state index in [0.717, 1.165) is 32.4 Å². The maximum atomic E-state index is 12.4. The summed E-state index contributed by atoms with van der Waals surface area (Å²) in [5.41, 5.74) is 1.85. The van der Waals surface area contributed by atoms with Gasteiger partial charge in [-0.15, -0.1) is 0 Å². The number of nitrogens with zero attached hydrogens (tertiary/aromatic N) is 1. The van der Waals surface area contributed by atoms with E-state index in [1.165, 1.54) is 0 Å². The minimum atomic E-state index is -0.203. The number of ether oxygens (including phenoxy) is 1. The van der Waals surface area contributed by atoms with Crippen molar-refractivity contribution in [3.63, 3.8) is 0 Å². The molecular weight excluding hydrogens is 328 g/mol. The van der Waals surface area contributed by atoms with E-state index < -0.39 is 0 Å². The number of hydrogen-bond donors (Lipinski definition) is 1. The summed E-state index contributed by atoms with van der Waals surface area (Å²) in [6.07, 6.45) is 3.06. The van der Waals surface area contributed by atoms with E-state index in [0.29, 0.717) is 29.2 Å². The third-order valence-electron chi connectivity index (χ3n) is 4.35. The summed E-state index contributed by atoms with van der Waals surface area (Å²) in [5.74, 6) is 0.540. The normalized spacial score (nSPS) is 13.5. The van der Waals surface area contributed by atoms with Crippen molar-refractivity contribution in [3.8, 4) is 5.75 Å². The SMILES string of the molecule is CCCOc1cccc(C(=O)Nc2ccc(C(=O)N3CCCC3)cc2)c1. The van der Waals surface area contributed by atoms with Gasteiger partial charge in [0.05, 0.1) is 6.61 Å². The number of anilines is 1. The molecule has 0 saturated carbocycles. The first-order valence-corrected chi connectivity index (χ1v) is 9.11. The third-order valence-corrected chi connectivity index (χ3v) is 4.35. The van der Waals surface area contributed by atoms with Crippen molar-refractivity contribution in [2.24, 2.45) is 0 Å². The molecule has 0 radical (unpaired) electrons. The Morgan fingerprint density at radius 1 is 1.04 bits per heavy atom. The molecule has 0 bridgehead atoms. The van der Waals surface area contributed by atoms with Gasteiger partial charge >= 0.3 is 0 Å². The van der Waals surface area contributed by atoms with Crippen LogP contribution in [-0.4, -0.2) is 36.4 Å². The lowest BCUT2D eigenvalue weighted by molar-refractivity contribution is 0.0792. The van der Waals surface area contributed by atoms with E-state index in [1.807, 2.05) is 17.9 Å². The zero-order chi connectivity index (χ0) is 18.4. The molecule has 0 atom stereocenters. The van der Waals surface area contributed by atoms with Gasteiger partial charge in [0.2, 0.25) is 0 Å². The first-order chi connectivity index (χ1) is 12.7. The molecule has 0 aliphatic carbocycles. The van der Waals surface area contributed by atoms with Crippen LogP contribution in [0.4, 0.5) is 5.69 Å². The molecule has 2 amide bonds. The van der Waals surface area contributed by atoms with E-state index >= 15 is 0 Å². The molecule has 1 aliphatic heterocycles. The van der Waals surface area contributed by atoms with Gasteiger partial charge in [-0.05, 0) is 61.7 Å². The summed E-state index contributed by atoms with van der Waals surface area (Å²) in [5, 5.41) is 2.86. The van der Waals surface area contributed by atoms with Crippen LogP contribution in [0.15, 0.2) is 48.5 Å². The van der Waals surface area contributed by atoms with Crippen LogP contribution in [0.2, 0.25) is 0 Å². The minimum Gasteiger partial charge on any atom is -0.494 e. The first kappa shape index (κ1) is 18.0. The fourth-order valence-corrected chi connectivity index (χ4v) is 2.95. The highest BCUT2D eigenvalue weighted by molar-refractivity contribution is 6.04. The Balaban J connectivity index is 1.63. The number of likely N-dealkylation sites (tertiary alicyclic amines) is 1. The average Bonchev–Trinajstić information content (AvgIpc) is 3.21. The molecule has 1 fully saturated rings. The molecule has 5 heteroatoms. The minimum absolute atomic E-state index is 0.0566. The standard InChI is InChI=1S/C21H24N2O3/c1-2-14-26-19-7-5-6-17(15-19)20(24)22-18-10-8-16(9-11-18)21(25)23-12-3-4-13-23/h5-11,15H,2-4,12-14H2,1H3,(H,22,24). The zero-order valence-electron chi connectivity index (χ0n) is 15.0. The van der Waals surface area contributed by atoms with Gasteiger partial charge in [0.1, 0.15) is 5.75 Å². The smallest absolute Gasteiger partial charge is 0.255 e. The number of benzene rings is 2. The van der Waals surface area contributed by atoms with Gasteiger partial charge < -0.3 is 15.0 Å². The highest BCUT2D eigenvalue weighted by Crippen LogP contribution is 2.18. The zero-order valence-corrected chi connectivity index (χ0v) is 15.0. The Hall–Kier alpha value is -2.82. The largest absolute Gasteiger partial charge is 0.494 e. The van der Waals surface area contributed by atoms with Crippen molar-refractivity contribution in [2.45, 2.75) is 26.2 Å². The van der Waals surface area contributed by atoms with Crippen molar-refractivity contribution < 1.29 is 14.3 Å². The monoisotopic (exact) mass is 352 g/mol. The van der Waals surface area contributed by atoms with E-state index in [2.05, 4.69) is 5.32 Å². The van der Waals surface area contributed by atoms with Crippen molar-refractivity contribution in [1.82, 2.24) is 4.90 Å². The van der Waals surface area contributed by atoms with Crippen LogP contribution >= 0.6 is 0 Å². The molecule has 1 aliphatic rings. The topological polar surface area (TPSA) is 58.6 Å². The summed E-state index contributed by atoms with van der Waals surface area (Å²) >= 11 is 0. The van der Waals surface area contributed by atoms with Gasteiger partial charge in [-0.25, -0.2) is 0 Å². The Labute approximate surface area is 154 Å². The molecule has 3 rings (SSSR count). The summed E-state index contributed by atoms with van der Waals surface area (Å²) in [6.45, 7) is 4.31. The Morgan fingerprint density at radius 3 is 2.46 bits per heavy atom.